The number of benzene rings is 2. The van der Waals surface area contributed by atoms with Crippen LogP contribution in [0.2, 0.25) is 15.1 Å². The van der Waals surface area contributed by atoms with Crippen LogP contribution in [0.25, 0.3) is 0 Å². The Hall–Kier alpha value is -1.95. The molecular weight excluding hydrogens is 423 g/mol. The molecule has 0 unspecified atom stereocenters. The summed E-state index contributed by atoms with van der Waals surface area (Å²) in [5.41, 5.74) is 0.415. The molecule has 1 saturated heterocycles. The van der Waals surface area contributed by atoms with Crippen molar-refractivity contribution >= 4 is 52.3 Å². The van der Waals surface area contributed by atoms with E-state index in [1.54, 1.807) is 41.3 Å². The van der Waals surface area contributed by atoms with Gasteiger partial charge in [-0.3, -0.25) is 4.79 Å². The van der Waals surface area contributed by atoms with Crippen molar-refractivity contribution in [3.63, 3.8) is 0 Å². The molecule has 2 heterocycles. The highest BCUT2D eigenvalue weighted by atomic mass is 35.5. The van der Waals surface area contributed by atoms with E-state index in [0.717, 1.165) is 0 Å². The van der Waals surface area contributed by atoms with Crippen LogP contribution in [0.3, 0.4) is 0 Å². The van der Waals surface area contributed by atoms with Gasteiger partial charge in [-0.25, -0.2) is 4.79 Å². The summed E-state index contributed by atoms with van der Waals surface area (Å²) in [5.74, 6) is 0.349. The monoisotopic (exact) mass is 438 g/mol. The summed E-state index contributed by atoms with van der Waals surface area (Å²) < 4.78 is 6.19. The number of hydrogen-bond donors (Lipinski definition) is 1. The number of urea groups is 1. The summed E-state index contributed by atoms with van der Waals surface area (Å²) in [6, 6.07) is 9.95. The number of nitrogens with zero attached hydrogens (tertiary/aromatic N) is 1. The van der Waals surface area contributed by atoms with Gasteiger partial charge in [-0.1, -0.05) is 40.9 Å². The fourth-order valence-corrected chi connectivity index (χ4v) is 4.40. The number of carbonyl (C=O) groups is 2. The van der Waals surface area contributed by atoms with Gasteiger partial charge in [-0.15, -0.1) is 0 Å². The van der Waals surface area contributed by atoms with Gasteiger partial charge < -0.3 is 15.0 Å². The summed E-state index contributed by atoms with van der Waals surface area (Å²) in [6.07, 6.45) is 1.33. The fraction of sp³-hybridized carbons (Fsp3) is 0.300. The van der Waals surface area contributed by atoms with Crippen molar-refractivity contribution in [3.8, 4) is 5.75 Å². The molecule has 2 aromatic rings. The number of piperidine rings is 1. The van der Waals surface area contributed by atoms with Crippen molar-refractivity contribution in [1.29, 1.82) is 0 Å². The predicted molar refractivity (Wildman–Crippen MR) is 110 cm³/mol. The normalized spacial score (nSPS) is 17.8. The zero-order chi connectivity index (χ0) is 19.9. The Morgan fingerprint density at radius 2 is 1.82 bits per heavy atom. The van der Waals surface area contributed by atoms with Crippen molar-refractivity contribution < 1.29 is 14.3 Å². The number of hydrogen-bond acceptors (Lipinski definition) is 3. The third-order valence-corrected chi connectivity index (χ3v) is 5.88. The Morgan fingerprint density at radius 1 is 1.07 bits per heavy atom. The van der Waals surface area contributed by atoms with Crippen LogP contribution in [-0.2, 0) is 0 Å². The van der Waals surface area contributed by atoms with Crippen LogP contribution in [0, 0.1) is 0 Å². The molecule has 4 rings (SSSR count). The first-order valence-electron chi connectivity index (χ1n) is 8.88. The van der Waals surface area contributed by atoms with E-state index < -0.39 is 5.60 Å². The topological polar surface area (TPSA) is 58.6 Å². The van der Waals surface area contributed by atoms with Crippen molar-refractivity contribution in [1.82, 2.24) is 4.90 Å². The van der Waals surface area contributed by atoms with E-state index in [0.29, 0.717) is 58.0 Å². The van der Waals surface area contributed by atoms with Gasteiger partial charge in [0.15, 0.2) is 5.78 Å². The van der Waals surface area contributed by atoms with Gasteiger partial charge in [0, 0.05) is 41.7 Å². The average Bonchev–Trinajstić information content (AvgIpc) is 2.63. The first-order chi connectivity index (χ1) is 13.3. The summed E-state index contributed by atoms with van der Waals surface area (Å²) in [4.78, 5) is 26.9. The minimum atomic E-state index is -0.644. The van der Waals surface area contributed by atoms with Gasteiger partial charge in [-0.2, -0.15) is 0 Å². The van der Waals surface area contributed by atoms with Crippen molar-refractivity contribution in [2.24, 2.45) is 0 Å². The number of fused-ring (bicyclic) bond motifs is 1. The van der Waals surface area contributed by atoms with E-state index in [-0.39, 0.29) is 18.2 Å². The lowest BCUT2D eigenvalue weighted by atomic mass is 9.82. The first-order valence-corrected chi connectivity index (χ1v) is 10.0. The van der Waals surface area contributed by atoms with E-state index in [1.807, 2.05) is 0 Å². The van der Waals surface area contributed by atoms with Gasteiger partial charge in [0.25, 0.3) is 0 Å². The van der Waals surface area contributed by atoms with Crippen LogP contribution < -0.4 is 10.1 Å². The molecule has 0 aromatic heterocycles. The molecular formula is C20H17Cl3N2O3. The molecule has 2 aliphatic heterocycles. The van der Waals surface area contributed by atoms with E-state index in [1.165, 1.54) is 0 Å². The SMILES string of the molecule is O=C1CC2(CCN(C(=O)Nc3cccc(Cl)c3)CC2)Oc2c(Cl)cc(Cl)cc21. The second-order valence-electron chi connectivity index (χ2n) is 7.08. The van der Waals surface area contributed by atoms with E-state index >= 15 is 0 Å². The number of ether oxygens (including phenoxy) is 1. The number of carbonyl (C=O) groups excluding carboxylic acids is 2. The molecule has 5 nitrogen and oxygen atoms in total. The van der Waals surface area contributed by atoms with Gasteiger partial charge in [0.05, 0.1) is 17.0 Å². The van der Waals surface area contributed by atoms with Crippen LogP contribution in [0.15, 0.2) is 36.4 Å². The number of nitrogens with one attached hydrogen (secondary N) is 1. The summed E-state index contributed by atoms with van der Waals surface area (Å²) in [7, 11) is 0. The maximum atomic E-state index is 12.6. The highest BCUT2D eigenvalue weighted by Gasteiger charge is 2.44. The second kappa shape index (κ2) is 7.47. The average molecular weight is 440 g/mol. The molecule has 2 aliphatic rings. The molecule has 2 aromatic carbocycles. The molecule has 28 heavy (non-hydrogen) atoms. The summed E-state index contributed by atoms with van der Waals surface area (Å²) in [6.45, 7) is 0.945. The molecule has 1 fully saturated rings. The van der Waals surface area contributed by atoms with Gasteiger partial charge >= 0.3 is 6.03 Å². The number of likely N-dealkylation sites (tertiary alicyclic amines) is 1. The van der Waals surface area contributed by atoms with Crippen molar-refractivity contribution in [2.45, 2.75) is 24.9 Å². The molecule has 0 saturated carbocycles. The second-order valence-corrected chi connectivity index (χ2v) is 8.36. The lowest BCUT2D eigenvalue weighted by molar-refractivity contribution is 0.000455. The largest absolute Gasteiger partial charge is 0.484 e. The summed E-state index contributed by atoms with van der Waals surface area (Å²) >= 11 is 18.2. The first kappa shape index (κ1) is 19.4. The number of rotatable bonds is 1. The van der Waals surface area contributed by atoms with E-state index in [4.69, 9.17) is 39.5 Å². The van der Waals surface area contributed by atoms with Crippen LogP contribution in [0.1, 0.15) is 29.6 Å². The van der Waals surface area contributed by atoms with Gasteiger partial charge in [-0.05, 0) is 30.3 Å². The van der Waals surface area contributed by atoms with Gasteiger partial charge in [0.1, 0.15) is 11.4 Å². The number of halogens is 3. The Morgan fingerprint density at radius 3 is 2.54 bits per heavy atom. The highest BCUT2D eigenvalue weighted by Crippen LogP contribution is 2.44. The number of ketones is 1. The van der Waals surface area contributed by atoms with E-state index in [9.17, 15) is 9.59 Å². The lowest BCUT2D eigenvalue weighted by Crippen LogP contribution is -2.53. The molecule has 146 valence electrons. The molecule has 0 bridgehead atoms. The smallest absolute Gasteiger partial charge is 0.321 e. The highest BCUT2D eigenvalue weighted by molar-refractivity contribution is 6.36. The molecule has 0 radical (unpaired) electrons. The van der Waals surface area contributed by atoms with Crippen LogP contribution in [0.4, 0.5) is 10.5 Å². The standard InChI is InChI=1S/C20H17Cl3N2O3/c21-12-2-1-3-14(8-12)24-19(27)25-6-4-20(5-7-25)11-17(26)15-9-13(22)10-16(23)18(15)28-20/h1-3,8-10H,4-7,11H2,(H,24,27). The summed E-state index contributed by atoms with van der Waals surface area (Å²) in [5, 5.41) is 4.13. The Kier molecular flexibility index (Phi) is 5.17. The van der Waals surface area contributed by atoms with E-state index in [2.05, 4.69) is 5.32 Å². The predicted octanol–water partition coefficient (Wildman–Crippen LogP) is 5.68. The molecule has 0 atom stereocenters. The van der Waals surface area contributed by atoms with Crippen LogP contribution in [0.5, 0.6) is 5.75 Å². The van der Waals surface area contributed by atoms with Crippen molar-refractivity contribution in [2.75, 3.05) is 18.4 Å². The van der Waals surface area contributed by atoms with Crippen LogP contribution >= 0.6 is 34.8 Å². The Bertz CT molecular complexity index is 956. The molecule has 2 amide bonds. The molecule has 1 spiro atoms. The minimum absolute atomic E-state index is 0.0394. The lowest BCUT2D eigenvalue weighted by Gasteiger charge is -2.44. The molecule has 8 heteroatoms. The maximum absolute atomic E-state index is 12.6. The van der Waals surface area contributed by atoms with Gasteiger partial charge in [0.2, 0.25) is 0 Å². The van der Waals surface area contributed by atoms with Crippen LogP contribution in [-0.4, -0.2) is 35.4 Å². The maximum Gasteiger partial charge on any atom is 0.321 e. The zero-order valence-corrected chi connectivity index (χ0v) is 17.1. The molecule has 0 aliphatic carbocycles. The van der Waals surface area contributed by atoms with Crippen molar-refractivity contribution in [3.05, 3.63) is 57.0 Å². The third kappa shape index (κ3) is 3.79. The number of anilines is 1. The number of Topliss-reactive ketones (excluding diaryl/α,β-unsaturated/α-hetero) is 1. The Balaban J connectivity index is 1.45. The zero-order valence-electron chi connectivity index (χ0n) is 14.8. The Labute approximate surface area is 177 Å². The molecule has 1 N–H and O–H groups in total. The number of amides is 2. The third-order valence-electron chi connectivity index (χ3n) is 5.15. The minimum Gasteiger partial charge on any atom is -0.484 e. The fourth-order valence-electron chi connectivity index (χ4n) is 3.68. The quantitative estimate of drug-likeness (QED) is 0.622.